The van der Waals surface area contributed by atoms with Crippen LogP contribution in [0.15, 0.2) is 36.5 Å². The lowest BCUT2D eigenvalue weighted by atomic mass is 10.2. The number of rotatable bonds is 4. The maximum Gasteiger partial charge on any atom is 0.188 e. The summed E-state index contributed by atoms with van der Waals surface area (Å²) in [7, 11) is 0. The van der Waals surface area contributed by atoms with Crippen molar-refractivity contribution in [2.24, 2.45) is 0 Å². The van der Waals surface area contributed by atoms with Crippen LogP contribution in [0.3, 0.4) is 0 Å². The second-order valence-corrected chi connectivity index (χ2v) is 7.30. The van der Waals surface area contributed by atoms with Crippen molar-refractivity contribution >= 4 is 39.7 Å². The highest BCUT2D eigenvalue weighted by Crippen LogP contribution is 2.30. The number of thiazole rings is 1. The van der Waals surface area contributed by atoms with Crippen molar-refractivity contribution in [1.82, 2.24) is 15.0 Å². The van der Waals surface area contributed by atoms with E-state index in [0.717, 1.165) is 40.3 Å². The Morgan fingerprint density at radius 3 is 2.71 bits per heavy atom. The Morgan fingerprint density at radius 1 is 1.21 bits per heavy atom. The zero-order valence-electron chi connectivity index (χ0n) is 13.2. The van der Waals surface area contributed by atoms with Gasteiger partial charge in [-0.15, -0.1) is 11.3 Å². The van der Waals surface area contributed by atoms with Gasteiger partial charge in [0.2, 0.25) is 0 Å². The van der Waals surface area contributed by atoms with Gasteiger partial charge >= 0.3 is 0 Å². The Kier molecular flexibility index (Phi) is 4.08. The monoisotopic (exact) mass is 357 g/mol. The first kappa shape index (κ1) is 15.4. The smallest absolute Gasteiger partial charge is 0.188 e. The second kappa shape index (κ2) is 6.37. The van der Waals surface area contributed by atoms with Gasteiger partial charge in [0.25, 0.3) is 0 Å². The second-order valence-electron chi connectivity index (χ2n) is 5.66. The number of aryl methyl sites for hydroxylation is 1. The van der Waals surface area contributed by atoms with Gasteiger partial charge in [0.1, 0.15) is 11.6 Å². The third-order valence-electron chi connectivity index (χ3n) is 3.86. The van der Waals surface area contributed by atoms with Crippen molar-refractivity contribution in [2.75, 3.05) is 23.3 Å². The SMILES string of the molecule is Cc1cnc(Nc2cc(N3CCC3)nc(-c3ccccc3Cl)n2)s1. The van der Waals surface area contributed by atoms with Gasteiger partial charge in [0, 0.05) is 35.8 Å². The summed E-state index contributed by atoms with van der Waals surface area (Å²) in [4.78, 5) is 17.1. The molecule has 122 valence electrons. The van der Waals surface area contributed by atoms with Crippen LogP contribution in [0.25, 0.3) is 11.4 Å². The number of hydrogen-bond acceptors (Lipinski definition) is 6. The first-order valence-electron chi connectivity index (χ1n) is 7.77. The van der Waals surface area contributed by atoms with Crippen LogP contribution in [0.2, 0.25) is 5.02 Å². The Labute approximate surface area is 149 Å². The van der Waals surface area contributed by atoms with Crippen LogP contribution in [0, 0.1) is 6.92 Å². The highest BCUT2D eigenvalue weighted by Gasteiger charge is 2.19. The molecule has 0 bridgehead atoms. The van der Waals surface area contributed by atoms with E-state index < -0.39 is 0 Å². The fourth-order valence-electron chi connectivity index (χ4n) is 2.49. The molecule has 1 fully saturated rings. The Bertz CT molecular complexity index is 875. The van der Waals surface area contributed by atoms with Gasteiger partial charge < -0.3 is 10.2 Å². The van der Waals surface area contributed by atoms with Crippen molar-refractivity contribution in [3.8, 4) is 11.4 Å². The summed E-state index contributed by atoms with van der Waals surface area (Å²) in [6.45, 7) is 4.08. The quantitative estimate of drug-likeness (QED) is 0.744. The lowest BCUT2D eigenvalue weighted by molar-refractivity contribution is 0.609. The van der Waals surface area contributed by atoms with Crippen molar-refractivity contribution in [3.63, 3.8) is 0 Å². The van der Waals surface area contributed by atoms with E-state index in [0.29, 0.717) is 10.8 Å². The zero-order valence-corrected chi connectivity index (χ0v) is 14.7. The minimum Gasteiger partial charge on any atom is -0.356 e. The molecule has 0 atom stereocenters. The van der Waals surface area contributed by atoms with Crippen LogP contribution in [0.1, 0.15) is 11.3 Å². The average Bonchev–Trinajstić information content (AvgIpc) is 2.91. The van der Waals surface area contributed by atoms with E-state index in [9.17, 15) is 0 Å². The van der Waals surface area contributed by atoms with E-state index in [1.165, 1.54) is 6.42 Å². The molecule has 1 saturated heterocycles. The summed E-state index contributed by atoms with van der Waals surface area (Å²) in [6.07, 6.45) is 3.04. The van der Waals surface area contributed by atoms with E-state index in [4.69, 9.17) is 16.6 Å². The molecular weight excluding hydrogens is 342 g/mol. The van der Waals surface area contributed by atoms with E-state index in [2.05, 4.69) is 20.2 Å². The molecule has 3 aromatic rings. The molecule has 1 aliphatic rings. The lowest BCUT2D eigenvalue weighted by Gasteiger charge is -2.32. The van der Waals surface area contributed by atoms with Crippen LogP contribution in [-0.2, 0) is 0 Å². The number of halogens is 1. The number of benzene rings is 1. The molecule has 3 heterocycles. The highest BCUT2D eigenvalue weighted by molar-refractivity contribution is 7.15. The normalized spacial score (nSPS) is 13.7. The Morgan fingerprint density at radius 2 is 2.04 bits per heavy atom. The Hall–Kier alpha value is -2.18. The molecule has 7 heteroatoms. The fourth-order valence-corrected chi connectivity index (χ4v) is 3.38. The molecule has 24 heavy (non-hydrogen) atoms. The van der Waals surface area contributed by atoms with Crippen molar-refractivity contribution in [1.29, 1.82) is 0 Å². The first-order chi connectivity index (χ1) is 11.7. The molecule has 0 spiro atoms. The van der Waals surface area contributed by atoms with Crippen LogP contribution in [-0.4, -0.2) is 28.0 Å². The molecule has 0 unspecified atom stereocenters. The van der Waals surface area contributed by atoms with Gasteiger partial charge in [-0.3, -0.25) is 0 Å². The van der Waals surface area contributed by atoms with E-state index >= 15 is 0 Å². The third kappa shape index (κ3) is 3.07. The number of anilines is 3. The number of nitrogens with zero attached hydrogens (tertiary/aromatic N) is 4. The molecule has 1 N–H and O–H groups in total. The van der Waals surface area contributed by atoms with Gasteiger partial charge in [0.15, 0.2) is 11.0 Å². The van der Waals surface area contributed by atoms with Crippen LogP contribution in [0.5, 0.6) is 0 Å². The third-order valence-corrected chi connectivity index (χ3v) is 5.02. The number of nitrogens with one attached hydrogen (secondary N) is 1. The standard InChI is InChI=1S/C17H16ClN5S/c1-11-10-19-17(24-11)21-14-9-15(23-7-4-8-23)22-16(20-14)12-5-2-3-6-13(12)18/h2-3,5-6,9-10H,4,7-8H2,1H3,(H,19,20,21,22). The van der Waals surface area contributed by atoms with Crippen molar-refractivity contribution < 1.29 is 0 Å². The van der Waals surface area contributed by atoms with E-state index in [-0.39, 0.29) is 0 Å². The molecule has 5 nitrogen and oxygen atoms in total. The minimum absolute atomic E-state index is 0.626. The molecule has 0 aliphatic carbocycles. The van der Waals surface area contributed by atoms with Gasteiger partial charge in [-0.25, -0.2) is 15.0 Å². The van der Waals surface area contributed by atoms with E-state index in [1.807, 2.05) is 43.5 Å². The van der Waals surface area contributed by atoms with Gasteiger partial charge in [0.05, 0.1) is 5.02 Å². The molecule has 0 saturated carbocycles. The Balaban J connectivity index is 1.75. The summed E-state index contributed by atoms with van der Waals surface area (Å²) in [6, 6.07) is 9.61. The van der Waals surface area contributed by atoms with Crippen LogP contribution < -0.4 is 10.2 Å². The molecule has 2 aromatic heterocycles. The van der Waals surface area contributed by atoms with Crippen molar-refractivity contribution in [2.45, 2.75) is 13.3 Å². The van der Waals surface area contributed by atoms with Crippen LogP contribution in [0.4, 0.5) is 16.8 Å². The lowest BCUT2D eigenvalue weighted by Crippen LogP contribution is -2.37. The predicted octanol–water partition coefficient (Wildman–Crippen LogP) is 4.52. The molecule has 0 radical (unpaired) electrons. The van der Waals surface area contributed by atoms with Gasteiger partial charge in [-0.2, -0.15) is 0 Å². The zero-order chi connectivity index (χ0) is 16.5. The van der Waals surface area contributed by atoms with Crippen LogP contribution >= 0.6 is 22.9 Å². The summed E-state index contributed by atoms with van der Waals surface area (Å²) in [5.74, 6) is 2.28. The maximum atomic E-state index is 6.33. The number of hydrogen-bond donors (Lipinski definition) is 1. The summed E-state index contributed by atoms with van der Waals surface area (Å²) in [5, 5.41) is 4.76. The summed E-state index contributed by atoms with van der Waals surface area (Å²) < 4.78 is 0. The molecule has 0 amide bonds. The van der Waals surface area contributed by atoms with Gasteiger partial charge in [-0.05, 0) is 25.5 Å². The average molecular weight is 358 g/mol. The minimum atomic E-state index is 0.626. The number of aromatic nitrogens is 3. The van der Waals surface area contributed by atoms with Gasteiger partial charge in [-0.1, -0.05) is 23.7 Å². The molecule has 1 aliphatic heterocycles. The maximum absolute atomic E-state index is 6.33. The largest absolute Gasteiger partial charge is 0.356 e. The molecule has 1 aromatic carbocycles. The molecule has 4 rings (SSSR count). The first-order valence-corrected chi connectivity index (χ1v) is 8.97. The topological polar surface area (TPSA) is 53.9 Å². The predicted molar refractivity (Wildman–Crippen MR) is 99.4 cm³/mol. The highest BCUT2D eigenvalue weighted by atomic mass is 35.5. The fraction of sp³-hybridized carbons (Fsp3) is 0.235. The summed E-state index contributed by atoms with van der Waals surface area (Å²) in [5.41, 5.74) is 0.833. The van der Waals surface area contributed by atoms with E-state index in [1.54, 1.807) is 11.3 Å². The summed E-state index contributed by atoms with van der Waals surface area (Å²) >= 11 is 7.93. The molecular formula is C17H16ClN5S. The van der Waals surface area contributed by atoms with Crippen molar-refractivity contribution in [3.05, 3.63) is 46.4 Å².